The van der Waals surface area contributed by atoms with Crippen molar-refractivity contribution in [2.24, 2.45) is 21.5 Å². The number of nitrogens with zero attached hydrogens (tertiary/aromatic N) is 4. The minimum absolute atomic E-state index is 0.154. The predicted octanol–water partition coefficient (Wildman–Crippen LogP) is 2.15. The van der Waals surface area contributed by atoms with Crippen molar-refractivity contribution < 1.29 is 4.79 Å². The van der Waals surface area contributed by atoms with Crippen LogP contribution in [0.5, 0.6) is 0 Å². The molecule has 1 aromatic carbocycles. The van der Waals surface area contributed by atoms with Gasteiger partial charge in [0.15, 0.2) is 0 Å². The SMILES string of the molecule is CN(C)C(=O)c1cc(Cl)ccc1N1C(N)=NC(N)=NC12CCCCC2. The zero-order valence-corrected chi connectivity index (χ0v) is 15.3. The van der Waals surface area contributed by atoms with Crippen molar-refractivity contribution >= 4 is 35.1 Å². The van der Waals surface area contributed by atoms with Crippen LogP contribution in [0.25, 0.3) is 0 Å². The van der Waals surface area contributed by atoms with Gasteiger partial charge in [0.1, 0.15) is 5.66 Å². The van der Waals surface area contributed by atoms with Gasteiger partial charge in [0.2, 0.25) is 11.9 Å². The number of carbonyl (C=O) groups is 1. The molecule has 1 spiro atoms. The van der Waals surface area contributed by atoms with Crippen LogP contribution >= 0.6 is 11.6 Å². The Bertz CT molecular complexity index is 752. The van der Waals surface area contributed by atoms with Gasteiger partial charge in [-0.05, 0) is 43.9 Å². The highest BCUT2D eigenvalue weighted by Crippen LogP contribution is 2.41. The maximum atomic E-state index is 12.7. The Labute approximate surface area is 152 Å². The highest BCUT2D eigenvalue weighted by Gasteiger charge is 2.43. The number of guanidine groups is 2. The third-order valence-corrected chi connectivity index (χ3v) is 4.92. The molecule has 0 aromatic heterocycles. The van der Waals surface area contributed by atoms with Crippen LogP contribution in [0.4, 0.5) is 5.69 Å². The Morgan fingerprint density at radius 1 is 1.24 bits per heavy atom. The number of carbonyl (C=O) groups excluding carboxylic acids is 1. The highest BCUT2D eigenvalue weighted by molar-refractivity contribution is 6.31. The summed E-state index contributed by atoms with van der Waals surface area (Å²) in [5.74, 6) is 0.286. The van der Waals surface area contributed by atoms with E-state index < -0.39 is 5.66 Å². The summed E-state index contributed by atoms with van der Waals surface area (Å²) in [4.78, 5) is 24.9. The summed E-state index contributed by atoms with van der Waals surface area (Å²) in [5.41, 5.74) is 12.7. The van der Waals surface area contributed by atoms with E-state index in [-0.39, 0.29) is 17.8 Å². The third-order valence-electron chi connectivity index (χ3n) is 4.69. The average molecular weight is 363 g/mol. The lowest BCUT2D eigenvalue weighted by atomic mass is 9.87. The van der Waals surface area contributed by atoms with E-state index in [1.165, 1.54) is 4.90 Å². The smallest absolute Gasteiger partial charge is 0.255 e. The first-order valence-electron chi connectivity index (χ1n) is 8.35. The van der Waals surface area contributed by atoms with Crippen LogP contribution in [0, 0.1) is 0 Å². The molecule has 1 aliphatic carbocycles. The van der Waals surface area contributed by atoms with E-state index in [4.69, 9.17) is 23.1 Å². The molecule has 0 saturated heterocycles. The first-order valence-corrected chi connectivity index (χ1v) is 8.73. The van der Waals surface area contributed by atoms with Crippen LogP contribution in [0.3, 0.4) is 0 Å². The maximum absolute atomic E-state index is 12.7. The first-order chi connectivity index (χ1) is 11.8. The van der Waals surface area contributed by atoms with Crippen LogP contribution in [-0.2, 0) is 0 Å². The third kappa shape index (κ3) is 3.16. The van der Waals surface area contributed by atoms with Gasteiger partial charge >= 0.3 is 0 Å². The molecule has 134 valence electrons. The molecular weight excluding hydrogens is 340 g/mol. The Morgan fingerprint density at radius 2 is 1.92 bits per heavy atom. The molecule has 1 amide bonds. The van der Waals surface area contributed by atoms with E-state index in [0.29, 0.717) is 16.3 Å². The number of halogens is 1. The van der Waals surface area contributed by atoms with Crippen LogP contribution in [-0.4, -0.2) is 42.5 Å². The molecule has 1 saturated carbocycles. The molecule has 0 bridgehead atoms. The van der Waals surface area contributed by atoms with E-state index in [1.54, 1.807) is 32.3 Å². The zero-order valence-electron chi connectivity index (χ0n) is 14.5. The summed E-state index contributed by atoms with van der Waals surface area (Å²) < 4.78 is 0. The Morgan fingerprint density at radius 3 is 2.56 bits per heavy atom. The van der Waals surface area contributed by atoms with Crippen LogP contribution in [0.15, 0.2) is 28.2 Å². The number of benzene rings is 1. The lowest BCUT2D eigenvalue weighted by molar-refractivity contribution is 0.0828. The second kappa shape index (κ2) is 6.55. The minimum atomic E-state index is -0.594. The fourth-order valence-corrected chi connectivity index (χ4v) is 3.76. The van der Waals surface area contributed by atoms with Crippen molar-refractivity contribution in [3.8, 4) is 0 Å². The number of nitrogens with two attached hydrogens (primary N) is 2. The second-order valence-corrected chi connectivity index (χ2v) is 7.12. The van der Waals surface area contributed by atoms with Crippen molar-refractivity contribution in [2.75, 3.05) is 19.0 Å². The molecular formula is C17H23ClN6O. The van der Waals surface area contributed by atoms with Crippen molar-refractivity contribution in [3.63, 3.8) is 0 Å². The Hall–Kier alpha value is -2.28. The molecule has 0 atom stereocenters. The number of rotatable bonds is 2. The van der Waals surface area contributed by atoms with Crippen LogP contribution in [0.2, 0.25) is 5.02 Å². The topological polar surface area (TPSA) is 100 Å². The quantitative estimate of drug-likeness (QED) is 0.841. The molecule has 7 nitrogen and oxygen atoms in total. The van der Waals surface area contributed by atoms with Crippen molar-refractivity contribution in [1.82, 2.24) is 4.90 Å². The normalized spacial score (nSPS) is 19.4. The first kappa shape index (κ1) is 17.5. The number of aliphatic imine (C=N–C) groups is 2. The summed E-state index contributed by atoms with van der Waals surface area (Å²) in [7, 11) is 3.40. The van der Waals surface area contributed by atoms with Crippen LogP contribution in [0.1, 0.15) is 42.5 Å². The number of hydrogen-bond donors (Lipinski definition) is 2. The number of anilines is 1. The zero-order chi connectivity index (χ0) is 18.2. The Kier molecular flexibility index (Phi) is 4.60. The largest absolute Gasteiger partial charge is 0.369 e. The lowest BCUT2D eigenvalue weighted by Gasteiger charge is -2.46. The van der Waals surface area contributed by atoms with Gasteiger partial charge in [-0.25, -0.2) is 4.99 Å². The van der Waals surface area contributed by atoms with Gasteiger partial charge in [0.25, 0.3) is 5.91 Å². The molecule has 1 heterocycles. The average Bonchev–Trinajstić information content (AvgIpc) is 2.55. The fourth-order valence-electron chi connectivity index (χ4n) is 3.59. The summed E-state index contributed by atoms with van der Waals surface area (Å²) in [5, 5.41) is 0.488. The summed E-state index contributed by atoms with van der Waals surface area (Å²) in [6.45, 7) is 0. The molecule has 1 aliphatic heterocycles. The van der Waals surface area contributed by atoms with E-state index in [9.17, 15) is 4.79 Å². The second-order valence-electron chi connectivity index (χ2n) is 6.68. The molecule has 3 rings (SSSR count). The Balaban J connectivity index is 2.16. The molecule has 0 unspecified atom stereocenters. The van der Waals surface area contributed by atoms with Gasteiger partial charge in [-0.3, -0.25) is 9.69 Å². The fraction of sp³-hybridized carbons (Fsp3) is 0.471. The van der Waals surface area contributed by atoms with Gasteiger partial charge < -0.3 is 16.4 Å². The van der Waals surface area contributed by atoms with E-state index in [0.717, 1.165) is 32.1 Å². The van der Waals surface area contributed by atoms with E-state index >= 15 is 0 Å². The molecule has 1 fully saturated rings. The summed E-state index contributed by atoms with van der Waals surface area (Å²) in [6, 6.07) is 5.20. The minimum Gasteiger partial charge on any atom is -0.369 e. The number of amides is 1. The van der Waals surface area contributed by atoms with Gasteiger partial charge in [-0.1, -0.05) is 18.0 Å². The number of hydrogen-bond acceptors (Lipinski definition) is 6. The maximum Gasteiger partial charge on any atom is 0.255 e. The van der Waals surface area contributed by atoms with Gasteiger partial charge in [0, 0.05) is 19.1 Å². The monoisotopic (exact) mass is 362 g/mol. The van der Waals surface area contributed by atoms with E-state index in [2.05, 4.69) is 9.98 Å². The molecule has 8 heteroatoms. The summed E-state index contributed by atoms with van der Waals surface area (Å²) in [6.07, 6.45) is 4.80. The standard InChI is InChI=1S/C17H23ClN6O/c1-23(2)14(25)12-10-11(18)6-7-13(12)24-16(20)21-15(19)22-17(24)8-4-3-5-9-17/h6-7,10H,3-5,8-9H2,1-2H3,(H4,19,20,21,22). The van der Waals surface area contributed by atoms with Gasteiger partial charge in [-0.2, -0.15) is 4.99 Å². The van der Waals surface area contributed by atoms with Crippen molar-refractivity contribution in [3.05, 3.63) is 28.8 Å². The van der Waals surface area contributed by atoms with Crippen molar-refractivity contribution in [1.29, 1.82) is 0 Å². The van der Waals surface area contributed by atoms with Crippen LogP contribution < -0.4 is 16.4 Å². The van der Waals surface area contributed by atoms with Crippen molar-refractivity contribution in [2.45, 2.75) is 37.8 Å². The molecule has 0 radical (unpaired) electrons. The predicted molar refractivity (Wildman–Crippen MR) is 101 cm³/mol. The highest BCUT2D eigenvalue weighted by atomic mass is 35.5. The van der Waals surface area contributed by atoms with Gasteiger partial charge in [-0.15, -0.1) is 0 Å². The summed E-state index contributed by atoms with van der Waals surface area (Å²) >= 11 is 6.14. The molecule has 25 heavy (non-hydrogen) atoms. The lowest BCUT2D eigenvalue weighted by Crippen LogP contribution is -2.58. The molecule has 2 aliphatic rings. The van der Waals surface area contributed by atoms with Gasteiger partial charge in [0.05, 0.1) is 11.3 Å². The van der Waals surface area contributed by atoms with E-state index in [1.807, 2.05) is 4.90 Å². The molecule has 1 aromatic rings. The molecule has 4 N–H and O–H groups in total.